The lowest BCUT2D eigenvalue weighted by Crippen LogP contribution is -2.38. The number of sulfonamides is 1. The number of esters is 1. The molecular formula is C14H17F3N2O4S. The van der Waals surface area contributed by atoms with Gasteiger partial charge in [-0.25, -0.2) is 17.9 Å². The highest BCUT2D eigenvalue weighted by atomic mass is 32.2. The van der Waals surface area contributed by atoms with Gasteiger partial charge >= 0.3 is 12.1 Å². The van der Waals surface area contributed by atoms with E-state index < -0.39 is 38.2 Å². The molecule has 1 unspecified atom stereocenters. The molecule has 1 aromatic carbocycles. The lowest BCUT2D eigenvalue weighted by atomic mass is 10.1. The van der Waals surface area contributed by atoms with Crippen LogP contribution in [0.5, 0.6) is 0 Å². The lowest BCUT2D eigenvalue weighted by molar-refractivity contribution is -0.138. The highest BCUT2D eigenvalue weighted by molar-refractivity contribution is 7.89. The van der Waals surface area contributed by atoms with Gasteiger partial charge in [0.2, 0.25) is 10.0 Å². The van der Waals surface area contributed by atoms with Crippen LogP contribution in [-0.2, 0) is 20.9 Å². The Morgan fingerprint density at radius 2 is 2.04 bits per heavy atom. The number of hydrogen-bond acceptors (Lipinski definition) is 5. The Kier molecular flexibility index (Phi) is 5.21. The molecule has 1 aromatic rings. The van der Waals surface area contributed by atoms with Gasteiger partial charge in [-0.15, -0.1) is 0 Å². The minimum absolute atomic E-state index is 0.0624. The van der Waals surface area contributed by atoms with E-state index >= 15 is 0 Å². The van der Waals surface area contributed by atoms with Crippen molar-refractivity contribution in [2.75, 3.05) is 13.7 Å². The van der Waals surface area contributed by atoms with Crippen molar-refractivity contribution in [2.45, 2.75) is 30.0 Å². The molecule has 0 heterocycles. The van der Waals surface area contributed by atoms with E-state index in [0.717, 1.165) is 32.1 Å². The molecule has 0 saturated heterocycles. The molecule has 1 fully saturated rings. The zero-order valence-electron chi connectivity index (χ0n) is 12.8. The molecule has 2 rings (SSSR count). The van der Waals surface area contributed by atoms with E-state index in [2.05, 4.69) is 9.46 Å². The van der Waals surface area contributed by atoms with E-state index in [1.807, 2.05) is 0 Å². The largest absolute Gasteiger partial charge is 0.465 e. The second-order valence-electron chi connectivity index (χ2n) is 5.55. The minimum atomic E-state index is -4.90. The standard InChI is InChI=1S/C14H17F3N2O4S/c1-23-13(20)10-5-4-9(6-11(10)14(15,16)17)24(21,22)19-7-12(18)8-2-3-8/h4-6,8,12,19H,2-3,7,18H2,1H3. The van der Waals surface area contributed by atoms with E-state index in [-0.39, 0.29) is 18.5 Å². The van der Waals surface area contributed by atoms with Crippen molar-refractivity contribution in [2.24, 2.45) is 11.7 Å². The van der Waals surface area contributed by atoms with Crippen molar-refractivity contribution in [3.8, 4) is 0 Å². The summed E-state index contributed by atoms with van der Waals surface area (Å²) in [6.45, 7) is -0.0624. The van der Waals surface area contributed by atoms with Crippen molar-refractivity contribution >= 4 is 16.0 Å². The Morgan fingerprint density at radius 3 is 2.54 bits per heavy atom. The number of hydrogen-bond donors (Lipinski definition) is 2. The highest BCUT2D eigenvalue weighted by Gasteiger charge is 2.37. The molecule has 3 N–H and O–H groups in total. The normalized spacial score (nSPS) is 16.7. The predicted octanol–water partition coefficient (Wildman–Crippen LogP) is 1.51. The molecule has 1 atom stereocenters. The SMILES string of the molecule is COC(=O)c1ccc(S(=O)(=O)NCC(N)C2CC2)cc1C(F)(F)F. The Hall–Kier alpha value is -1.65. The van der Waals surface area contributed by atoms with E-state index in [4.69, 9.17) is 5.73 Å². The van der Waals surface area contributed by atoms with Gasteiger partial charge in [-0.05, 0) is 37.0 Å². The van der Waals surface area contributed by atoms with Crippen molar-refractivity contribution in [1.29, 1.82) is 0 Å². The molecule has 0 bridgehead atoms. The maximum Gasteiger partial charge on any atom is 0.417 e. The zero-order chi connectivity index (χ0) is 18.1. The summed E-state index contributed by atoms with van der Waals surface area (Å²) in [5, 5.41) is 0. The third kappa shape index (κ3) is 4.25. The number of nitrogens with two attached hydrogens (primary N) is 1. The number of alkyl halides is 3. The van der Waals surface area contributed by atoms with Gasteiger partial charge in [-0.3, -0.25) is 0 Å². The number of ether oxygens (including phenoxy) is 1. The summed E-state index contributed by atoms with van der Waals surface area (Å²) < 4.78 is 70.1. The van der Waals surface area contributed by atoms with Crippen LogP contribution >= 0.6 is 0 Å². The molecule has 0 spiro atoms. The molecule has 0 aromatic heterocycles. The molecule has 1 saturated carbocycles. The van der Waals surface area contributed by atoms with Gasteiger partial charge in [0, 0.05) is 12.6 Å². The molecule has 1 aliphatic rings. The van der Waals surface area contributed by atoms with E-state index in [1.165, 1.54) is 0 Å². The summed E-state index contributed by atoms with van der Waals surface area (Å²) in [7, 11) is -3.24. The van der Waals surface area contributed by atoms with Gasteiger partial charge in [0.1, 0.15) is 0 Å². The summed E-state index contributed by atoms with van der Waals surface area (Å²) in [5.41, 5.74) is 3.65. The highest BCUT2D eigenvalue weighted by Crippen LogP contribution is 2.34. The molecule has 0 amide bonds. The maximum atomic E-state index is 13.1. The number of carbonyl (C=O) groups is 1. The minimum Gasteiger partial charge on any atom is -0.465 e. The van der Waals surface area contributed by atoms with Crippen LogP contribution in [0.2, 0.25) is 0 Å². The first-order chi connectivity index (χ1) is 11.1. The third-order valence-corrected chi connectivity index (χ3v) is 5.17. The molecule has 134 valence electrons. The van der Waals surface area contributed by atoms with Gasteiger partial charge in [0.25, 0.3) is 0 Å². The van der Waals surface area contributed by atoms with E-state index in [9.17, 15) is 26.4 Å². The second-order valence-corrected chi connectivity index (χ2v) is 7.32. The van der Waals surface area contributed by atoms with Crippen LogP contribution < -0.4 is 10.5 Å². The number of benzene rings is 1. The number of carbonyl (C=O) groups excluding carboxylic acids is 1. The zero-order valence-corrected chi connectivity index (χ0v) is 13.6. The third-order valence-electron chi connectivity index (χ3n) is 3.75. The fourth-order valence-corrected chi connectivity index (χ4v) is 3.29. The molecule has 10 heteroatoms. The summed E-state index contributed by atoms with van der Waals surface area (Å²) in [4.78, 5) is 10.8. The topological polar surface area (TPSA) is 98.5 Å². The van der Waals surface area contributed by atoms with Crippen LogP contribution in [0.3, 0.4) is 0 Å². The fourth-order valence-electron chi connectivity index (χ4n) is 2.19. The molecule has 24 heavy (non-hydrogen) atoms. The van der Waals surface area contributed by atoms with Crippen LogP contribution in [-0.4, -0.2) is 34.1 Å². The molecule has 0 radical (unpaired) electrons. The summed E-state index contributed by atoms with van der Waals surface area (Å²) in [6, 6.07) is 1.74. The number of nitrogens with one attached hydrogen (secondary N) is 1. The predicted molar refractivity (Wildman–Crippen MR) is 78.7 cm³/mol. The van der Waals surface area contributed by atoms with E-state index in [1.54, 1.807) is 0 Å². The number of methoxy groups -OCH3 is 1. The van der Waals surface area contributed by atoms with Gasteiger partial charge in [0.15, 0.2) is 0 Å². The van der Waals surface area contributed by atoms with Crippen LogP contribution in [0, 0.1) is 5.92 Å². The summed E-state index contributed by atoms with van der Waals surface area (Å²) >= 11 is 0. The van der Waals surface area contributed by atoms with Gasteiger partial charge in [-0.1, -0.05) is 0 Å². The van der Waals surface area contributed by atoms with Crippen molar-refractivity contribution < 1.29 is 31.1 Å². The average Bonchev–Trinajstić information content (AvgIpc) is 3.35. The number of halogens is 3. The smallest absolute Gasteiger partial charge is 0.417 e. The number of rotatable bonds is 6. The summed E-state index contributed by atoms with van der Waals surface area (Å²) in [5.74, 6) is -0.963. The average molecular weight is 366 g/mol. The first kappa shape index (κ1) is 18.7. The Bertz CT molecular complexity index is 730. The van der Waals surface area contributed by atoms with E-state index in [0.29, 0.717) is 6.07 Å². The van der Waals surface area contributed by atoms with Crippen molar-refractivity contribution in [1.82, 2.24) is 4.72 Å². The Balaban J connectivity index is 2.30. The van der Waals surface area contributed by atoms with Crippen LogP contribution in [0.1, 0.15) is 28.8 Å². The van der Waals surface area contributed by atoms with Crippen molar-refractivity contribution in [3.05, 3.63) is 29.3 Å². The lowest BCUT2D eigenvalue weighted by Gasteiger charge is -2.15. The van der Waals surface area contributed by atoms with Gasteiger partial charge in [-0.2, -0.15) is 13.2 Å². The maximum absolute atomic E-state index is 13.1. The van der Waals surface area contributed by atoms with Gasteiger partial charge < -0.3 is 10.5 Å². The Labute approximate surface area is 137 Å². The van der Waals surface area contributed by atoms with Crippen LogP contribution in [0.4, 0.5) is 13.2 Å². The molecular weight excluding hydrogens is 349 g/mol. The summed E-state index contributed by atoms with van der Waals surface area (Å²) in [6.07, 6.45) is -3.08. The Morgan fingerprint density at radius 1 is 1.42 bits per heavy atom. The first-order valence-corrected chi connectivity index (χ1v) is 8.59. The second kappa shape index (κ2) is 6.69. The fraction of sp³-hybridized carbons (Fsp3) is 0.500. The molecule has 0 aliphatic heterocycles. The quantitative estimate of drug-likeness (QED) is 0.744. The molecule has 1 aliphatic carbocycles. The molecule has 6 nitrogen and oxygen atoms in total. The monoisotopic (exact) mass is 366 g/mol. The van der Waals surface area contributed by atoms with Crippen molar-refractivity contribution in [3.63, 3.8) is 0 Å². The van der Waals surface area contributed by atoms with Gasteiger partial charge in [0.05, 0.1) is 23.1 Å². The first-order valence-electron chi connectivity index (χ1n) is 7.11. The van der Waals surface area contributed by atoms with Crippen LogP contribution in [0.15, 0.2) is 23.1 Å². The van der Waals surface area contributed by atoms with Crippen LogP contribution in [0.25, 0.3) is 0 Å².